The Morgan fingerprint density at radius 1 is 1.19 bits per heavy atom. The molecule has 1 aromatic carbocycles. The fraction of sp³-hybridized carbons (Fsp3) is 0.348. The van der Waals surface area contributed by atoms with Crippen molar-refractivity contribution in [2.24, 2.45) is 0 Å². The monoisotopic (exact) mass is 440 g/mol. The number of fused-ring (bicyclic) bond motifs is 1. The summed E-state index contributed by atoms with van der Waals surface area (Å²) in [6.45, 7) is 1.98. The summed E-state index contributed by atoms with van der Waals surface area (Å²) in [5.41, 5.74) is 3.09. The van der Waals surface area contributed by atoms with Gasteiger partial charge in [0.05, 0.1) is 11.1 Å². The summed E-state index contributed by atoms with van der Waals surface area (Å²) in [7, 11) is 0. The van der Waals surface area contributed by atoms with E-state index in [9.17, 15) is 14.4 Å². The first-order valence-electron chi connectivity index (χ1n) is 10.6. The summed E-state index contributed by atoms with van der Waals surface area (Å²) >= 11 is 6.06. The second kappa shape index (κ2) is 9.39. The number of rotatable bonds is 6. The van der Waals surface area contributed by atoms with Gasteiger partial charge in [-0.2, -0.15) is 0 Å². The number of nitrogens with one attached hydrogen (secondary N) is 3. The lowest BCUT2D eigenvalue weighted by Crippen LogP contribution is -2.33. The van der Waals surface area contributed by atoms with Crippen LogP contribution in [-0.2, 0) is 9.59 Å². The van der Waals surface area contributed by atoms with Gasteiger partial charge in [-0.1, -0.05) is 18.0 Å². The molecule has 8 heteroatoms. The van der Waals surface area contributed by atoms with Gasteiger partial charge in [0, 0.05) is 54.2 Å². The lowest BCUT2D eigenvalue weighted by Gasteiger charge is -2.20. The van der Waals surface area contributed by atoms with Gasteiger partial charge in [-0.25, -0.2) is 0 Å². The van der Waals surface area contributed by atoms with Crippen LogP contribution in [0, 0.1) is 0 Å². The van der Waals surface area contributed by atoms with Crippen molar-refractivity contribution in [1.82, 2.24) is 15.2 Å². The van der Waals surface area contributed by atoms with Crippen molar-refractivity contribution in [3.05, 3.63) is 52.3 Å². The Balaban J connectivity index is 1.33. The maximum Gasteiger partial charge on any atom is 0.256 e. The zero-order valence-corrected chi connectivity index (χ0v) is 17.9. The number of benzene rings is 1. The average molecular weight is 441 g/mol. The Bertz CT molecular complexity index is 1040. The average Bonchev–Trinajstić information content (AvgIpc) is 3.27. The van der Waals surface area contributed by atoms with E-state index in [1.807, 2.05) is 4.90 Å². The third-order valence-electron chi connectivity index (χ3n) is 5.59. The van der Waals surface area contributed by atoms with Crippen LogP contribution in [0.5, 0.6) is 0 Å². The van der Waals surface area contributed by atoms with Gasteiger partial charge >= 0.3 is 0 Å². The van der Waals surface area contributed by atoms with E-state index in [1.54, 1.807) is 36.5 Å². The molecule has 0 radical (unpaired) electrons. The molecule has 0 saturated carbocycles. The molecule has 4 rings (SSSR count). The molecular formula is C23H25ClN4O3. The van der Waals surface area contributed by atoms with Gasteiger partial charge in [0.15, 0.2) is 0 Å². The summed E-state index contributed by atoms with van der Waals surface area (Å²) < 4.78 is 0. The number of nitrogens with zero attached hydrogens (tertiary/aromatic N) is 1. The van der Waals surface area contributed by atoms with Gasteiger partial charge in [-0.15, -0.1) is 0 Å². The largest absolute Gasteiger partial charge is 0.361 e. The van der Waals surface area contributed by atoms with Crippen molar-refractivity contribution < 1.29 is 14.4 Å². The van der Waals surface area contributed by atoms with Crippen molar-refractivity contribution in [2.75, 3.05) is 25.0 Å². The SMILES string of the molecule is O=C1Nc2ccc(Cl)cc2/C1=C/c1cc(C(=O)NCCCN2CCCCCC2=O)c[nH]1. The quantitative estimate of drug-likeness (QED) is 0.472. The Labute approximate surface area is 185 Å². The lowest BCUT2D eigenvalue weighted by molar-refractivity contribution is -0.130. The van der Waals surface area contributed by atoms with Crippen molar-refractivity contribution in [1.29, 1.82) is 0 Å². The molecular weight excluding hydrogens is 416 g/mol. The zero-order valence-electron chi connectivity index (χ0n) is 17.2. The number of carbonyl (C=O) groups excluding carboxylic acids is 3. The van der Waals surface area contributed by atoms with E-state index in [4.69, 9.17) is 11.6 Å². The number of carbonyl (C=O) groups is 3. The Hall–Kier alpha value is -3.06. The first-order chi connectivity index (χ1) is 15.0. The van der Waals surface area contributed by atoms with E-state index in [1.165, 1.54) is 0 Å². The summed E-state index contributed by atoms with van der Waals surface area (Å²) in [4.78, 5) is 41.7. The third-order valence-corrected chi connectivity index (χ3v) is 5.83. The van der Waals surface area contributed by atoms with E-state index >= 15 is 0 Å². The number of likely N-dealkylation sites (tertiary alicyclic amines) is 1. The van der Waals surface area contributed by atoms with Crippen LogP contribution >= 0.6 is 11.6 Å². The highest BCUT2D eigenvalue weighted by Crippen LogP contribution is 2.34. The standard InChI is InChI=1S/C23H25ClN4O3/c24-16-6-7-20-18(12-16)19(23(31)27-20)13-17-11-15(14-26-17)22(30)25-8-4-10-28-9-3-1-2-5-21(28)29/h6-7,11-14,26H,1-5,8-10H2,(H,25,30)(H,27,31)/b19-13-. The highest BCUT2D eigenvalue weighted by Gasteiger charge is 2.24. The van der Waals surface area contributed by atoms with Crippen molar-refractivity contribution in [3.63, 3.8) is 0 Å². The van der Waals surface area contributed by atoms with Crippen LogP contribution in [-0.4, -0.2) is 47.2 Å². The molecule has 2 aromatic rings. The van der Waals surface area contributed by atoms with Gasteiger partial charge in [-0.3, -0.25) is 14.4 Å². The number of anilines is 1. The molecule has 3 heterocycles. The van der Waals surface area contributed by atoms with Crippen LogP contribution in [0.25, 0.3) is 11.6 Å². The Morgan fingerprint density at radius 3 is 2.94 bits per heavy atom. The zero-order chi connectivity index (χ0) is 21.8. The van der Waals surface area contributed by atoms with Crippen molar-refractivity contribution >= 4 is 46.7 Å². The molecule has 0 atom stereocenters. The maximum atomic E-state index is 12.4. The van der Waals surface area contributed by atoms with E-state index in [2.05, 4.69) is 15.6 Å². The lowest BCUT2D eigenvalue weighted by atomic mass is 10.1. The predicted octanol–water partition coefficient (Wildman–Crippen LogP) is 3.68. The number of halogens is 1. The van der Waals surface area contributed by atoms with Crippen LogP contribution in [0.4, 0.5) is 5.69 Å². The minimum Gasteiger partial charge on any atom is -0.361 e. The number of hydrogen-bond acceptors (Lipinski definition) is 3. The summed E-state index contributed by atoms with van der Waals surface area (Å²) in [6, 6.07) is 6.94. The molecule has 1 fully saturated rings. The van der Waals surface area contributed by atoms with Crippen LogP contribution in [0.15, 0.2) is 30.5 Å². The number of H-pyrrole nitrogens is 1. The van der Waals surface area contributed by atoms with E-state index in [0.29, 0.717) is 47.1 Å². The Kier molecular flexibility index (Phi) is 6.42. The number of aromatic amines is 1. The van der Waals surface area contributed by atoms with Crippen molar-refractivity contribution in [3.8, 4) is 0 Å². The van der Waals surface area contributed by atoms with E-state index in [0.717, 1.165) is 37.8 Å². The highest BCUT2D eigenvalue weighted by atomic mass is 35.5. The van der Waals surface area contributed by atoms with Gasteiger partial charge in [-0.05, 0) is 49.6 Å². The van der Waals surface area contributed by atoms with E-state index < -0.39 is 0 Å². The molecule has 31 heavy (non-hydrogen) atoms. The molecule has 0 bridgehead atoms. The first-order valence-corrected chi connectivity index (χ1v) is 11.0. The maximum absolute atomic E-state index is 12.4. The second-order valence-electron chi connectivity index (χ2n) is 7.85. The smallest absolute Gasteiger partial charge is 0.256 e. The van der Waals surface area contributed by atoms with E-state index in [-0.39, 0.29) is 17.7 Å². The predicted molar refractivity (Wildman–Crippen MR) is 121 cm³/mol. The summed E-state index contributed by atoms with van der Waals surface area (Å²) in [5.74, 6) is -0.186. The molecule has 2 aliphatic rings. The normalized spacial score (nSPS) is 17.5. The highest BCUT2D eigenvalue weighted by molar-refractivity contribution is 6.36. The molecule has 162 valence electrons. The molecule has 3 N–H and O–H groups in total. The second-order valence-corrected chi connectivity index (χ2v) is 8.28. The fourth-order valence-corrected chi connectivity index (χ4v) is 4.11. The summed E-state index contributed by atoms with van der Waals surface area (Å²) in [6.07, 6.45) is 7.79. The van der Waals surface area contributed by atoms with Crippen LogP contribution < -0.4 is 10.6 Å². The number of hydrogen-bond donors (Lipinski definition) is 3. The van der Waals surface area contributed by atoms with Gasteiger partial charge in [0.1, 0.15) is 0 Å². The van der Waals surface area contributed by atoms with Gasteiger partial charge in [0.25, 0.3) is 11.8 Å². The van der Waals surface area contributed by atoms with Gasteiger partial charge in [0.2, 0.25) is 5.91 Å². The van der Waals surface area contributed by atoms with Crippen LogP contribution in [0.1, 0.15) is 53.7 Å². The molecule has 0 spiro atoms. The molecule has 2 aliphatic heterocycles. The summed E-state index contributed by atoms with van der Waals surface area (Å²) in [5, 5.41) is 6.25. The molecule has 1 aromatic heterocycles. The van der Waals surface area contributed by atoms with Crippen molar-refractivity contribution in [2.45, 2.75) is 32.1 Å². The number of aromatic nitrogens is 1. The minimum atomic E-state index is -0.207. The van der Waals surface area contributed by atoms with Crippen LogP contribution in [0.3, 0.4) is 0 Å². The number of amides is 3. The minimum absolute atomic E-state index is 0.192. The fourth-order valence-electron chi connectivity index (χ4n) is 3.93. The molecule has 0 unspecified atom stereocenters. The molecule has 1 saturated heterocycles. The Morgan fingerprint density at radius 2 is 2.06 bits per heavy atom. The first kappa shape index (κ1) is 21.2. The van der Waals surface area contributed by atoms with Gasteiger partial charge < -0.3 is 20.5 Å². The van der Waals surface area contributed by atoms with Crippen LogP contribution in [0.2, 0.25) is 5.02 Å². The molecule has 3 amide bonds. The third kappa shape index (κ3) is 4.99. The molecule has 7 nitrogen and oxygen atoms in total. The molecule has 0 aliphatic carbocycles. The topological polar surface area (TPSA) is 94.3 Å².